The molecule has 0 aromatic carbocycles. The largest absolute Gasteiger partial charge is 0.477 e. The van der Waals surface area contributed by atoms with Gasteiger partial charge in [0.25, 0.3) is 5.79 Å². The van der Waals surface area contributed by atoms with Gasteiger partial charge in [0.2, 0.25) is 11.8 Å². The predicted molar refractivity (Wildman–Crippen MR) is 142 cm³/mol. The van der Waals surface area contributed by atoms with E-state index in [-0.39, 0.29) is 0 Å². The lowest BCUT2D eigenvalue weighted by atomic mass is 9.88. The third-order valence-electron chi connectivity index (χ3n) is 7.87. The van der Waals surface area contributed by atoms with Crippen LogP contribution in [0.3, 0.4) is 0 Å². The van der Waals surface area contributed by atoms with Gasteiger partial charge in [-0.25, -0.2) is 4.79 Å². The molecule has 0 radical (unpaired) electrons. The van der Waals surface area contributed by atoms with Crippen molar-refractivity contribution in [1.29, 1.82) is 0 Å². The quantitative estimate of drug-likeness (QED) is 0.0913. The van der Waals surface area contributed by atoms with Gasteiger partial charge < -0.3 is 90.5 Å². The Balaban J connectivity index is 1.95. The van der Waals surface area contributed by atoms with Crippen LogP contribution >= 0.6 is 0 Å². The van der Waals surface area contributed by atoms with Crippen molar-refractivity contribution in [2.45, 2.75) is 118 Å². The van der Waals surface area contributed by atoms with Crippen molar-refractivity contribution >= 4 is 17.8 Å². The van der Waals surface area contributed by atoms with E-state index in [2.05, 4.69) is 10.6 Å². The highest BCUT2D eigenvalue weighted by molar-refractivity contribution is 5.76. The van der Waals surface area contributed by atoms with E-state index < -0.39 is 142 Å². The van der Waals surface area contributed by atoms with Crippen molar-refractivity contribution < 1.29 is 94.2 Å². The lowest BCUT2D eigenvalue weighted by Crippen LogP contribution is -2.71. The SMILES string of the molecule is CC(=O)N[C@H]1[C@@H]([C@H](O)[C@H](O)CO)O[C@@](O[C@H]2[C@@H](O)[C@@H](CO)O[C@@H](O[C@H]3[C@H](O)[C@@H](NC(C)=O)C(O)O[C@@H]3CO)[C@@H]2O)(C(=O)O)C[C@@H]1O. The fraction of sp³-hybridized carbons (Fsp3) is 0.880. The number of hydrogen-bond donors (Lipinski definition) is 13. The maximum atomic E-state index is 12.6. The summed E-state index contributed by atoms with van der Waals surface area (Å²) in [5, 5.41) is 118. The van der Waals surface area contributed by atoms with E-state index >= 15 is 0 Å². The number of aliphatic carboxylic acids is 1. The number of hydrogen-bond acceptors (Lipinski definition) is 18. The molecule has 0 aromatic rings. The van der Waals surface area contributed by atoms with Crippen LogP contribution in [0.2, 0.25) is 0 Å². The summed E-state index contributed by atoms with van der Waals surface area (Å²) in [5.41, 5.74) is 0. The third-order valence-corrected chi connectivity index (χ3v) is 7.87. The number of rotatable bonds is 12. The molecule has 0 spiro atoms. The molecule has 46 heavy (non-hydrogen) atoms. The molecule has 3 rings (SSSR count). The molecule has 16 atom stereocenters. The molecule has 3 aliphatic heterocycles. The standard InChI is InChI=1S/C25H42N2O19/c1-7(31)26-13-9(33)3-25(24(40)41,45-20(13)15(35)10(34)4-28)46-21-16(36)11(5-29)43-23(18(21)38)44-19-12(6-30)42-22(39)14(17(19)37)27-8(2)32/h9-23,28-30,33-39H,3-6H2,1-2H3,(H,26,31)(H,27,32)(H,40,41)/t9-,10+,11+,12+,13+,14+,15+,16-,17+,18+,19+,20-,21-,22?,23-,25-/m0/s1. The summed E-state index contributed by atoms with van der Waals surface area (Å²) in [6, 6.07) is -3.05. The van der Waals surface area contributed by atoms with Gasteiger partial charge in [0.05, 0.1) is 32.0 Å². The number of aliphatic hydroxyl groups is 10. The van der Waals surface area contributed by atoms with Gasteiger partial charge in [-0.05, 0) is 0 Å². The number of carboxylic acids is 1. The molecule has 0 bridgehead atoms. The maximum Gasteiger partial charge on any atom is 0.364 e. The summed E-state index contributed by atoms with van der Waals surface area (Å²) in [6.07, 6.45) is -25.7. The lowest BCUT2D eigenvalue weighted by molar-refractivity contribution is -0.382. The summed E-state index contributed by atoms with van der Waals surface area (Å²) in [7, 11) is 0. The van der Waals surface area contributed by atoms with Crippen molar-refractivity contribution in [3.8, 4) is 0 Å². The molecule has 0 aromatic heterocycles. The minimum atomic E-state index is -3.04. The van der Waals surface area contributed by atoms with Crippen LogP contribution in [0.5, 0.6) is 0 Å². The first-order chi connectivity index (χ1) is 21.5. The molecule has 1 unspecified atom stereocenters. The zero-order chi connectivity index (χ0) is 34.7. The van der Waals surface area contributed by atoms with Crippen molar-refractivity contribution in [3.63, 3.8) is 0 Å². The normalized spacial score (nSPS) is 42.9. The highest BCUT2D eigenvalue weighted by atomic mass is 16.8. The molecule has 2 amide bonds. The Hall–Kier alpha value is -2.19. The van der Waals surface area contributed by atoms with Gasteiger partial charge in [0.15, 0.2) is 12.6 Å². The molecule has 0 saturated carbocycles. The van der Waals surface area contributed by atoms with Crippen LogP contribution in [0.4, 0.5) is 0 Å². The number of carboxylic acid groups (broad SMARTS) is 1. The summed E-state index contributed by atoms with van der Waals surface area (Å²) in [6.45, 7) is -0.789. The monoisotopic (exact) mass is 674 g/mol. The molecule has 21 nitrogen and oxygen atoms in total. The van der Waals surface area contributed by atoms with Crippen LogP contribution < -0.4 is 10.6 Å². The number of carbonyl (C=O) groups is 3. The zero-order valence-electron chi connectivity index (χ0n) is 24.7. The average Bonchev–Trinajstić information content (AvgIpc) is 2.99. The van der Waals surface area contributed by atoms with Crippen molar-refractivity contribution in [1.82, 2.24) is 10.6 Å². The second-order valence-electron chi connectivity index (χ2n) is 11.2. The van der Waals surface area contributed by atoms with E-state index in [0.717, 1.165) is 13.8 Å². The lowest BCUT2D eigenvalue weighted by Gasteiger charge is -2.50. The summed E-state index contributed by atoms with van der Waals surface area (Å²) in [5.74, 6) is -6.46. The number of carbonyl (C=O) groups excluding carboxylic acids is 2. The Kier molecular flexibility index (Phi) is 13.1. The van der Waals surface area contributed by atoms with Gasteiger partial charge in [-0.3, -0.25) is 9.59 Å². The van der Waals surface area contributed by atoms with Gasteiger partial charge in [0, 0.05) is 20.3 Å². The maximum absolute atomic E-state index is 12.6. The van der Waals surface area contributed by atoms with Gasteiger partial charge in [0.1, 0.15) is 67.1 Å². The Bertz CT molecular complexity index is 1050. The van der Waals surface area contributed by atoms with Gasteiger partial charge >= 0.3 is 5.97 Å². The first-order valence-corrected chi connectivity index (χ1v) is 14.2. The van der Waals surface area contributed by atoms with Crippen LogP contribution in [-0.2, 0) is 38.1 Å². The van der Waals surface area contributed by atoms with Crippen LogP contribution in [0, 0.1) is 0 Å². The Labute approximate surface area is 260 Å². The van der Waals surface area contributed by atoms with E-state index in [0.29, 0.717) is 0 Å². The second kappa shape index (κ2) is 15.8. The van der Waals surface area contributed by atoms with Crippen LogP contribution in [-0.4, -0.2) is 191 Å². The number of nitrogens with one attached hydrogen (secondary N) is 2. The Morgan fingerprint density at radius 1 is 0.848 bits per heavy atom. The molecule has 3 aliphatic rings. The molecule has 0 aliphatic carbocycles. The van der Waals surface area contributed by atoms with Crippen LogP contribution in [0.1, 0.15) is 20.3 Å². The third kappa shape index (κ3) is 8.08. The number of ether oxygens (including phenoxy) is 5. The Morgan fingerprint density at radius 2 is 1.43 bits per heavy atom. The number of amides is 2. The first-order valence-electron chi connectivity index (χ1n) is 14.2. The molecule has 3 saturated heterocycles. The van der Waals surface area contributed by atoms with E-state index in [1.54, 1.807) is 0 Å². The van der Waals surface area contributed by atoms with Crippen molar-refractivity contribution in [2.24, 2.45) is 0 Å². The Morgan fingerprint density at radius 3 is 1.96 bits per heavy atom. The van der Waals surface area contributed by atoms with E-state index in [4.69, 9.17) is 23.7 Å². The highest BCUT2D eigenvalue weighted by Crippen LogP contribution is 2.38. The highest BCUT2D eigenvalue weighted by Gasteiger charge is 2.60. The molecule has 3 fully saturated rings. The van der Waals surface area contributed by atoms with Crippen LogP contribution in [0.25, 0.3) is 0 Å². The summed E-state index contributed by atoms with van der Waals surface area (Å²) < 4.78 is 27.4. The second-order valence-corrected chi connectivity index (χ2v) is 11.2. The van der Waals surface area contributed by atoms with E-state index in [1.165, 1.54) is 0 Å². The number of aliphatic hydroxyl groups excluding tert-OH is 10. The topological polar surface area (TPSA) is 344 Å². The molecular weight excluding hydrogens is 632 g/mol. The molecule has 21 heteroatoms. The molecule has 3 heterocycles. The van der Waals surface area contributed by atoms with E-state index in [9.17, 15) is 70.6 Å². The van der Waals surface area contributed by atoms with E-state index in [1.807, 2.05) is 0 Å². The van der Waals surface area contributed by atoms with Crippen molar-refractivity contribution in [3.05, 3.63) is 0 Å². The smallest absolute Gasteiger partial charge is 0.364 e. The van der Waals surface area contributed by atoms with Crippen molar-refractivity contribution in [2.75, 3.05) is 19.8 Å². The van der Waals surface area contributed by atoms with Gasteiger partial charge in [-0.2, -0.15) is 0 Å². The van der Waals surface area contributed by atoms with Crippen LogP contribution in [0.15, 0.2) is 0 Å². The molecule has 13 N–H and O–H groups in total. The first kappa shape index (κ1) is 38.3. The fourth-order valence-electron chi connectivity index (χ4n) is 5.57. The summed E-state index contributed by atoms with van der Waals surface area (Å²) in [4.78, 5) is 36.0. The summed E-state index contributed by atoms with van der Waals surface area (Å²) >= 11 is 0. The average molecular weight is 675 g/mol. The molecular formula is C25H42N2O19. The fourth-order valence-corrected chi connectivity index (χ4v) is 5.57. The van der Waals surface area contributed by atoms with Gasteiger partial charge in [-0.15, -0.1) is 0 Å². The minimum absolute atomic E-state index is 0.692. The zero-order valence-corrected chi connectivity index (χ0v) is 24.7. The van der Waals surface area contributed by atoms with Gasteiger partial charge in [-0.1, -0.05) is 0 Å². The molecule has 266 valence electrons. The predicted octanol–water partition coefficient (Wildman–Crippen LogP) is -8.08. The minimum Gasteiger partial charge on any atom is -0.477 e.